The van der Waals surface area contributed by atoms with Gasteiger partial charge in [-0.1, -0.05) is 6.07 Å². The number of aromatic nitrogens is 1. The first-order valence-corrected chi connectivity index (χ1v) is 10.1. The normalized spacial score (nSPS) is 13.2. The molecule has 154 valence electrons. The van der Waals surface area contributed by atoms with E-state index in [1.54, 1.807) is 14.2 Å². The topological polar surface area (TPSA) is 80.7 Å². The first-order valence-electron chi connectivity index (χ1n) is 9.30. The van der Waals surface area contributed by atoms with Crippen molar-refractivity contribution in [3.05, 3.63) is 52.0 Å². The lowest BCUT2D eigenvalue weighted by atomic mass is 9.93. The number of carbonyl (C=O) groups excluding carboxylic acids is 1. The highest BCUT2D eigenvalue weighted by atomic mass is 32.1. The summed E-state index contributed by atoms with van der Waals surface area (Å²) in [5.41, 5.74) is 2.12. The number of pyridine rings is 1. The number of thiophene rings is 1. The first-order chi connectivity index (χ1) is 13.8. The number of nitrogens with one attached hydrogen (secondary N) is 1. The molecule has 0 aliphatic rings. The van der Waals surface area contributed by atoms with Gasteiger partial charge in [0.15, 0.2) is 11.5 Å². The molecule has 0 aliphatic heterocycles. The SMILES string of the molecule is COc1ccc(CC(C)(CO)NC(=O)c2cc3c(C)cc(C)nc3s2)cc1OC. The van der Waals surface area contributed by atoms with Crippen molar-refractivity contribution in [1.29, 1.82) is 0 Å². The highest BCUT2D eigenvalue weighted by molar-refractivity contribution is 7.20. The number of aliphatic hydroxyl groups excluding tert-OH is 1. The van der Waals surface area contributed by atoms with Gasteiger partial charge in [-0.2, -0.15) is 0 Å². The number of ether oxygens (including phenoxy) is 2. The van der Waals surface area contributed by atoms with Gasteiger partial charge in [0.05, 0.1) is 31.2 Å². The highest BCUT2D eigenvalue weighted by Gasteiger charge is 2.28. The van der Waals surface area contributed by atoms with Crippen LogP contribution in [0.2, 0.25) is 0 Å². The van der Waals surface area contributed by atoms with Crippen LogP contribution in [0.4, 0.5) is 0 Å². The number of rotatable bonds is 7. The molecule has 0 saturated heterocycles. The monoisotopic (exact) mass is 414 g/mol. The molecule has 0 radical (unpaired) electrons. The highest BCUT2D eigenvalue weighted by Crippen LogP contribution is 2.30. The zero-order valence-corrected chi connectivity index (χ0v) is 18.1. The third-order valence-corrected chi connectivity index (χ3v) is 5.90. The van der Waals surface area contributed by atoms with Crippen molar-refractivity contribution in [2.45, 2.75) is 32.7 Å². The Kier molecular flexibility index (Phi) is 6.10. The van der Waals surface area contributed by atoms with Crippen molar-refractivity contribution in [3.63, 3.8) is 0 Å². The fraction of sp³-hybridized carbons (Fsp3) is 0.364. The van der Waals surface area contributed by atoms with Crippen molar-refractivity contribution >= 4 is 27.5 Å². The molecule has 6 nitrogen and oxygen atoms in total. The predicted molar refractivity (Wildman–Crippen MR) is 115 cm³/mol. The Morgan fingerprint density at radius 2 is 1.90 bits per heavy atom. The van der Waals surface area contributed by atoms with Gasteiger partial charge in [-0.15, -0.1) is 11.3 Å². The summed E-state index contributed by atoms with van der Waals surface area (Å²) in [5, 5.41) is 14.0. The average molecular weight is 415 g/mol. The van der Waals surface area contributed by atoms with Crippen LogP contribution in [0.15, 0.2) is 30.3 Å². The molecule has 0 fully saturated rings. The number of aryl methyl sites for hydroxylation is 2. The summed E-state index contributed by atoms with van der Waals surface area (Å²) in [6.45, 7) is 5.58. The molecule has 2 aromatic heterocycles. The van der Waals surface area contributed by atoms with Gasteiger partial charge in [-0.25, -0.2) is 4.98 Å². The van der Waals surface area contributed by atoms with Crippen molar-refractivity contribution < 1.29 is 19.4 Å². The zero-order chi connectivity index (χ0) is 21.2. The number of nitrogens with zero attached hydrogens (tertiary/aromatic N) is 1. The van der Waals surface area contributed by atoms with Crippen LogP contribution in [-0.2, 0) is 6.42 Å². The van der Waals surface area contributed by atoms with E-state index >= 15 is 0 Å². The van der Waals surface area contributed by atoms with Crippen LogP contribution in [0.5, 0.6) is 11.5 Å². The Labute approximate surface area is 174 Å². The van der Waals surface area contributed by atoms with Crippen LogP contribution < -0.4 is 14.8 Å². The van der Waals surface area contributed by atoms with E-state index in [1.807, 2.05) is 51.1 Å². The Morgan fingerprint density at radius 1 is 1.17 bits per heavy atom. The summed E-state index contributed by atoms with van der Waals surface area (Å²) >= 11 is 1.36. The van der Waals surface area contributed by atoms with E-state index in [0.717, 1.165) is 27.0 Å². The van der Waals surface area contributed by atoms with Crippen LogP contribution in [0.25, 0.3) is 10.2 Å². The molecule has 1 unspecified atom stereocenters. The van der Waals surface area contributed by atoms with E-state index in [2.05, 4.69) is 10.3 Å². The molecule has 3 rings (SSSR count). The summed E-state index contributed by atoms with van der Waals surface area (Å²) in [7, 11) is 3.16. The van der Waals surface area contributed by atoms with Gasteiger partial charge in [-0.3, -0.25) is 4.79 Å². The second-order valence-electron chi connectivity index (χ2n) is 7.45. The zero-order valence-electron chi connectivity index (χ0n) is 17.3. The number of hydrogen-bond donors (Lipinski definition) is 2. The van der Waals surface area contributed by atoms with Gasteiger partial charge >= 0.3 is 0 Å². The van der Waals surface area contributed by atoms with Gasteiger partial charge < -0.3 is 19.9 Å². The maximum absolute atomic E-state index is 12.9. The molecule has 29 heavy (non-hydrogen) atoms. The second-order valence-corrected chi connectivity index (χ2v) is 8.48. The average Bonchev–Trinajstić information content (AvgIpc) is 3.12. The fourth-order valence-electron chi connectivity index (χ4n) is 3.36. The van der Waals surface area contributed by atoms with Gasteiger partial charge in [0, 0.05) is 11.1 Å². The lowest BCUT2D eigenvalue weighted by Gasteiger charge is -2.29. The van der Waals surface area contributed by atoms with Gasteiger partial charge in [0.2, 0.25) is 0 Å². The molecule has 1 amide bonds. The van der Waals surface area contributed by atoms with E-state index in [0.29, 0.717) is 22.8 Å². The molecule has 0 spiro atoms. The third kappa shape index (κ3) is 4.52. The Hall–Kier alpha value is -2.64. The summed E-state index contributed by atoms with van der Waals surface area (Å²) in [6.07, 6.45) is 0.441. The lowest BCUT2D eigenvalue weighted by molar-refractivity contribution is 0.0856. The molecule has 0 saturated carbocycles. The third-order valence-electron chi connectivity index (χ3n) is 4.87. The van der Waals surface area contributed by atoms with E-state index in [1.165, 1.54) is 11.3 Å². The molecular formula is C22H26N2O4S. The van der Waals surface area contributed by atoms with Crippen LogP contribution >= 0.6 is 11.3 Å². The number of amides is 1. The lowest BCUT2D eigenvalue weighted by Crippen LogP contribution is -2.50. The number of aliphatic hydroxyl groups is 1. The molecule has 0 aliphatic carbocycles. The molecule has 1 aromatic carbocycles. The first kappa shape index (κ1) is 21.1. The van der Waals surface area contributed by atoms with Crippen LogP contribution in [-0.4, -0.2) is 42.4 Å². The number of carbonyl (C=O) groups is 1. The minimum atomic E-state index is -0.828. The summed E-state index contributed by atoms with van der Waals surface area (Å²) in [6, 6.07) is 9.44. The van der Waals surface area contributed by atoms with E-state index in [9.17, 15) is 9.90 Å². The number of benzene rings is 1. The Morgan fingerprint density at radius 3 is 2.55 bits per heavy atom. The summed E-state index contributed by atoms with van der Waals surface area (Å²) in [5.74, 6) is 1.02. The minimum Gasteiger partial charge on any atom is -0.493 e. The minimum absolute atomic E-state index is 0.200. The smallest absolute Gasteiger partial charge is 0.261 e. The second kappa shape index (κ2) is 8.39. The summed E-state index contributed by atoms with van der Waals surface area (Å²) in [4.78, 5) is 18.9. The molecular weight excluding hydrogens is 388 g/mol. The number of hydrogen-bond acceptors (Lipinski definition) is 6. The molecule has 2 heterocycles. The quantitative estimate of drug-likeness (QED) is 0.617. The molecule has 7 heteroatoms. The van der Waals surface area contributed by atoms with Crippen LogP contribution in [0.3, 0.4) is 0 Å². The van der Waals surface area contributed by atoms with Crippen molar-refractivity contribution in [2.24, 2.45) is 0 Å². The van der Waals surface area contributed by atoms with Crippen LogP contribution in [0.1, 0.15) is 33.4 Å². The molecule has 2 N–H and O–H groups in total. The largest absolute Gasteiger partial charge is 0.493 e. The summed E-state index contributed by atoms with van der Waals surface area (Å²) < 4.78 is 10.6. The van der Waals surface area contributed by atoms with Crippen LogP contribution in [0, 0.1) is 13.8 Å². The van der Waals surface area contributed by atoms with Crippen molar-refractivity contribution in [3.8, 4) is 11.5 Å². The maximum atomic E-state index is 12.9. The van der Waals surface area contributed by atoms with Crippen molar-refractivity contribution in [2.75, 3.05) is 20.8 Å². The molecule has 0 bridgehead atoms. The molecule has 3 aromatic rings. The standard InChI is InChI=1S/C22H26N2O4S/c1-13-8-14(2)23-21-16(13)10-19(29-21)20(26)24-22(3,12-25)11-15-6-7-17(27-4)18(9-15)28-5/h6-10,25H,11-12H2,1-5H3,(H,24,26). The van der Waals surface area contributed by atoms with Gasteiger partial charge in [0.25, 0.3) is 5.91 Å². The van der Waals surface area contributed by atoms with E-state index in [-0.39, 0.29) is 12.5 Å². The predicted octanol–water partition coefficient (Wildman–Crippen LogP) is 3.65. The van der Waals surface area contributed by atoms with Crippen molar-refractivity contribution in [1.82, 2.24) is 10.3 Å². The van der Waals surface area contributed by atoms with E-state index < -0.39 is 5.54 Å². The van der Waals surface area contributed by atoms with E-state index in [4.69, 9.17) is 9.47 Å². The van der Waals surface area contributed by atoms with Gasteiger partial charge in [-0.05, 0) is 62.6 Å². The number of methoxy groups -OCH3 is 2. The fourth-order valence-corrected chi connectivity index (χ4v) is 4.41. The van der Waals surface area contributed by atoms with Gasteiger partial charge in [0.1, 0.15) is 4.83 Å². The Bertz CT molecular complexity index is 1050. The Balaban J connectivity index is 1.82. The number of fused-ring (bicyclic) bond motifs is 1. The molecule has 1 atom stereocenters. The maximum Gasteiger partial charge on any atom is 0.261 e.